The van der Waals surface area contributed by atoms with Crippen molar-refractivity contribution in [3.8, 4) is 11.5 Å². The summed E-state index contributed by atoms with van der Waals surface area (Å²) in [4.78, 5) is 13.9. The van der Waals surface area contributed by atoms with Crippen LogP contribution in [0.5, 0.6) is 11.5 Å². The van der Waals surface area contributed by atoms with Crippen molar-refractivity contribution in [2.45, 2.75) is 13.5 Å². The van der Waals surface area contributed by atoms with Crippen molar-refractivity contribution in [3.05, 3.63) is 46.2 Å². The molecule has 6 nitrogen and oxygen atoms in total. The highest BCUT2D eigenvalue weighted by Crippen LogP contribution is 2.32. The van der Waals surface area contributed by atoms with Crippen molar-refractivity contribution in [2.75, 3.05) is 13.8 Å². The summed E-state index contributed by atoms with van der Waals surface area (Å²) in [7, 11) is 3.51. The normalized spacial score (nSPS) is 12.8. The number of likely N-dealkylation sites (N-methyl/N-ethyl adjacent to an activating group) is 1. The second-order valence-electron chi connectivity index (χ2n) is 5.63. The predicted molar refractivity (Wildman–Crippen MR) is 91.0 cm³/mol. The molecule has 0 bridgehead atoms. The van der Waals surface area contributed by atoms with Gasteiger partial charge in [0.2, 0.25) is 12.7 Å². The Morgan fingerprint density at radius 2 is 2.17 bits per heavy atom. The van der Waals surface area contributed by atoms with Crippen LogP contribution < -0.4 is 9.47 Å². The van der Waals surface area contributed by atoms with E-state index >= 15 is 0 Å². The number of rotatable bonds is 4. The van der Waals surface area contributed by atoms with Crippen LogP contribution in [-0.2, 0) is 18.4 Å². The smallest absolute Gasteiger partial charge is 0.246 e. The molecule has 1 aliphatic rings. The quantitative estimate of drug-likeness (QED) is 0.798. The number of ether oxygens (including phenoxy) is 2. The Morgan fingerprint density at radius 1 is 1.42 bits per heavy atom. The van der Waals surface area contributed by atoms with Gasteiger partial charge in [-0.05, 0) is 30.7 Å². The third kappa shape index (κ3) is 3.23. The Morgan fingerprint density at radius 3 is 2.88 bits per heavy atom. The molecule has 0 atom stereocenters. The van der Waals surface area contributed by atoms with Crippen LogP contribution in [0.3, 0.4) is 0 Å². The molecule has 0 saturated heterocycles. The fourth-order valence-corrected chi connectivity index (χ4v) is 2.75. The van der Waals surface area contributed by atoms with Gasteiger partial charge in [-0.3, -0.25) is 9.48 Å². The van der Waals surface area contributed by atoms with Gasteiger partial charge in [0.15, 0.2) is 11.5 Å². The summed E-state index contributed by atoms with van der Waals surface area (Å²) in [5, 5.41) is 4.73. The van der Waals surface area contributed by atoms with E-state index in [1.54, 1.807) is 29.8 Å². The van der Waals surface area contributed by atoms with Crippen LogP contribution in [-0.4, -0.2) is 34.4 Å². The molecule has 1 amide bonds. The summed E-state index contributed by atoms with van der Waals surface area (Å²) in [5.74, 6) is 1.32. The lowest BCUT2D eigenvalue weighted by Gasteiger charge is -2.15. The molecule has 1 aromatic carbocycles. The molecule has 0 saturated carbocycles. The molecule has 126 valence electrons. The largest absolute Gasteiger partial charge is 0.454 e. The van der Waals surface area contributed by atoms with E-state index < -0.39 is 0 Å². The van der Waals surface area contributed by atoms with Gasteiger partial charge in [-0.1, -0.05) is 17.7 Å². The zero-order valence-corrected chi connectivity index (χ0v) is 14.5. The van der Waals surface area contributed by atoms with Gasteiger partial charge in [-0.2, -0.15) is 5.10 Å². The molecule has 0 spiro atoms. The lowest BCUT2D eigenvalue weighted by molar-refractivity contribution is -0.125. The van der Waals surface area contributed by atoms with E-state index in [1.807, 2.05) is 25.1 Å². The summed E-state index contributed by atoms with van der Waals surface area (Å²) >= 11 is 6.16. The number of nitrogens with zero attached hydrogens (tertiary/aromatic N) is 3. The second kappa shape index (κ2) is 6.57. The van der Waals surface area contributed by atoms with E-state index in [9.17, 15) is 4.79 Å². The fourth-order valence-electron chi connectivity index (χ4n) is 2.51. The van der Waals surface area contributed by atoms with E-state index in [0.717, 1.165) is 22.6 Å². The first kappa shape index (κ1) is 16.4. The molecule has 0 unspecified atom stereocenters. The standard InChI is InChI=1S/C17H18ClN3O3/c1-11-13(17(18)21(3)19-11)5-7-16(22)20(2)9-12-4-6-14-15(8-12)24-10-23-14/h4-8H,9-10H2,1-3H3/b7-5+. The monoisotopic (exact) mass is 347 g/mol. The van der Waals surface area contributed by atoms with Crippen LogP contribution in [0.15, 0.2) is 24.3 Å². The third-order valence-electron chi connectivity index (χ3n) is 3.82. The number of aromatic nitrogens is 2. The van der Waals surface area contributed by atoms with Crippen molar-refractivity contribution < 1.29 is 14.3 Å². The maximum absolute atomic E-state index is 12.3. The number of halogens is 1. The van der Waals surface area contributed by atoms with Gasteiger partial charge in [0.1, 0.15) is 5.15 Å². The molecular weight excluding hydrogens is 330 g/mol. The lowest BCUT2D eigenvalue weighted by Crippen LogP contribution is -2.24. The minimum Gasteiger partial charge on any atom is -0.454 e. The molecule has 0 fully saturated rings. The Hall–Kier alpha value is -2.47. The molecule has 24 heavy (non-hydrogen) atoms. The molecular formula is C17H18ClN3O3. The Balaban J connectivity index is 1.67. The van der Waals surface area contributed by atoms with Gasteiger partial charge >= 0.3 is 0 Å². The summed E-state index contributed by atoms with van der Waals surface area (Å²) in [6.45, 7) is 2.56. The van der Waals surface area contributed by atoms with E-state index in [1.165, 1.54) is 6.08 Å². The van der Waals surface area contributed by atoms with Crippen molar-refractivity contribution in [1.82, 2.24) is 14.7 Å². The first-order chi connectivity index (χ1) is 11.5. The van der Waals surface area contributed by atoms with Crippen LogP contribution in [0.2, 0.25) is 5.15 Å². The molecule has 2 heterocycles. The first-order valence-electron chi connectivity index (χ1n) is 7.46. The average molecular weight is 348 g/mol. The zero-order valence-electron chi connectivity index (χ0n) is 13.7. The maximum Gasteiger partial charge on any atom is 0.246 e. The topological polar surface area (TPSA) is 56.6 Å². The number of fused-ring (bicyclic) bond motifs is 1. The minimum absolute atomic E-state index is 0.119. The number of carbonyl (C=O) groups is 1. The Labute approximate surface area is 145 Å². The van der Waals surface area contributed by atoms with Gasteiger partial charge < -0.3 is 14.4 Å². The van der Waals surface area contributed by atoms with Gasteiger partial charge in [0.05, 0.1) is 5.69 Å². The Bertz CT molecular complexity index is 814. The average Bonchev–Trinajstić information content (AvgIpc) is 3.10. The van der Waals surface area contributed by atoms with Gasteiger partial charge in [-0.25, -0.2) is 0 Å². The van der Waals surface area contributed by atoms with Crippen LogP contribution in [0.1, 0.15) is 16.8 Å². The van der Waals surface area contributed by atoms with Crippen molar-refractivity contribution >= 4 is 23.6 Å². The number of hydrogen-bond donors (Lipinski definition) is 0. The highest BCUT2D eigenvalue weighted by Gasteiger charge is 2.15. The van der Waals surface area contributed by atoms with Crippen molar-refractivity contribution in [3.63, 3.8) is 0 Å². The van der Waals surface area contributed by atoms with E-state index in [2.05, 4.69) is 5.10 Å². The lowest BCUT2D eigenvalue weighted by atomic mass is 10.2. The van der Waals surface area contributed by atoms with E-state index in [4.69, 9.17) is 21.1 Å². The van der Waals surface area contributed by atoms with E-state index in [0.29, 0.717) is 17.4 Å². The van der Waals surface area contributed by atoms with Gasteiger partial charge in [-0.15, -0.1) is 0 Å². The minimum atomic E-state index is -0.119. The third-order valence-corrected chi connectivity index (χ3v) is 4.27. The SMILES string of the molecule is Cc1nn(C)c(Cl)c1/C=C/C(=O)N(C)Cc1ccc2c(c1)OCO2. The number of amides is 1. The summed E-state index contributed by atoms with van der Waals surface area (Å²) in [5.41, 5.74) is 2.51. The summed E-state index contributed by atoms with van der Waals surface area (Å²) < 4.78 is 12.2. The first-order valence-corrected chi connectivity index (χ1v) is 7.84. The second-order valence-corrected chi connectivity index (χ2v) is 5.99. The zero-order chi connectivity index (χ0) is 17.3. The predicted octanol–water partition coefficient (Wildman–Crippen LogP) is 2.78. The fraction of sp³-hybridized carbons (Fsp3) is 0.294. The van der Waals surface area contributed by atoms with Crippen LogP contribution in [0.4, 0.5) is 0 Å². The summed E-state index contributed by atoms with van der Waals surface area (Å²) in [6, 6.07) is 5.66. The highest BCUT2D eigenvalue weighted by atomic mass is 35.5. The maximum atomic E-state index is 12.3. The molecule has 7 heteroatoms. The number of carbonyl (C=O) groups excluding carboxylic acids is 1. The highest BCUT2D eigenvalue weighted by molar-refractivity contribution is 6.31. The van der Waals surface area contributed by atoms with Crippen molar-refractivity contribution in [2.24, 2.45) is 7.05 Å². The number of benzene rings is 1. The van der Waals surface area contributed by atoms with Crippen LogP contribution in [0, 0.1) is 6.92 Å². The molecule has 0 radical (unpaired) electrons. The molecule has 1 aromatic heterocycles. The molecule has 0 aliphatic carbocycles. The van der Waals surface area contributed by atoms with Gasteiger partial charge in [0.25, 0.3) is 0 Å². The molecule has 1 aliphatic heterocycles. The number of hydrogen-bond acceptors (Lipinski definition) is 4. The molecule has 2 aromatic rings. The van der Waals surface area contributed by atoms with Crippen LogP contribution in [0.25, 0.3) is 6.08 Å². The Kier molecular flexibility index (Phi) is 4.49. The van der Waals surface area contributed by atoms with Crippen LogP contribution >= 0.6 is 11.6 Å². The number of aryl methyl sites for hydroxylation is 2. The van der Waals surface area contributed by atoms with Gasteiger partial charge in [0, 0.05) is 32.3 Å². The van der Waals surface area contributed by atoms with E-state index in [-0.39, 0.29) is 12.7 Å². The molecule has 3 rings (SSSR count). The van der Waals surface area contributed by atoms with Crippen molar-refractivity contribution in [1.29, 1.82) is 0 Å². The molecule has 0 N–H and O–H groups in total. The summed E-state index contributed by atoms with van der Waals surface area (Å²) in [6.07, 6.45) is 3.20.